The van der Waals surface area contributed by atoms with E-state index in [-0.39, 0.29) is 12.0 Å². The third-order valence-corrected chi connectivity index (χ3v) is 4.04. The molecule has 1 aliphatic rings. The number of carbonyl (C=O) groups excluding carboxylic acids is 1. The number of rotatable bonds is 3. The van der Waals surface area contributed by atoms with E-state index in [2.05, 4.69) is 9.88 Å². The van der Waals surface area contributed by atoms with Gasteiger partial charge in [-0.2, -0.15) is 0 Å². The van der Waals surface area contributed by atoms with Gasteiger partial charge in [-0.15, -0.1) is 11.3 Å². The number of piperidine rings is 1. The summed E-state index contributed by atoms with van der Waals surface area (Å²) in [5, 5.41) is 3.13. The van der Waals surface area contributed by atoms with Crippen LogP contribution in [0.2, 0.25) is 0 Å². The molecule has 1 fully saturated rings. The van der Waals surface area contributed by atoms with Gasteiger partial charge in [0, 0.05) is 11.1 Å². The Balaban J connectivity index is 2.03. The van der Waals surface area contributed by atoms with Crippen molar-refractivity contribution >= 4 is 17.3 Å². The lowest BCUT2D eigenvalue weighted by Gasteiger charge is -2.32. The zero-order chi connectivity index (χ0) is 12.3. The fourth-order valence-electron chi connectivity index (χ4n) is 2.23. The van der Waals surface area contributed by atoms with Crippen molar-refractivity contribution in [1.82, 2.24) is 9.88 Å². The van der Waals surface area contributed by atoms with Gasteiger partial charge < -0.3 is 4.74 Å². The van der Waals surface area contributed by atoms with E-state index in [9.17, 15) is 4.79 Å². The number of thiazole rings is 1. The highest BCUT2D eigenvalue weighted by Crippen LogP contribution is 2.21. The van der Waals surface area contributed by atoms with Crippen LogP contribution in [0.5, 0.6) is 0 Å². The second-order valence-corrected chi connectivity index (χ2v) is 5.33. The summed E-state index contributed by atoms with van der Waals surface area (Å²) in [5.74, 6) is -0.113. The minimum absolute atomic E-state index is 0.0852. The van der Waals surface area contributed by atoms with Crippen molar-refractivity contribution in [1.29, 1.82) is 0 Å². The van der Waals surface area contributed by atoms with E-state index in [0.717, 1.165) is 43.1 Å². The van der Waals surface area contributed by atoms with E-state index in [0.29, 0.717) is 0 Å². The summed E-state index contributed by atoms with van der Waals surface area (Å²) in [6, 6.07) is -0.0852. The number of nitrogens with zero attached hydrogens (tertiary/aromatic N) is 2. The van der Waals surface area contributed by atoms with Gasteiger partial charge in [0.1, 0.15) is 11.0 Å². The molecule has 0 bridgehead atoms. The average molecular weight is 254 g/mol. The predicted molar refractivity (Wildman–Crippen MR) is 66.9 cm³/mol. The fourth-order valence-corrected chi connectivity index (χ4v) is 3.03. The van der Waals surface area contributed by atoms with Crippen molar-refractivity contribution in [2.45, 2.75) is 38.8 Å². The Kier molecular flexibility index (Phi) is 4.12. The zero-order valence-corrected chi connectivity index (χ0v) is 11.1. The molecule has 1 saturated heterocycles. The molecule has 0 spiro atoms. The first-order valence-electron chi connectivity index (χ1n) is 5.93. The minimum Gasteiger partial charge on any atom is -0.468 e. The topological polar surface area (TPSA) is 42.4 Å². The number of ether oxygens (including phenoxy) is 1. The summed E-state index contributed by atoms with van der Waals surface area (Å²) in [6.45, 7) is 3.71. The fraction of sp³-hybridized carbons (Fsp3) is 0.667. The van der Waals surface area contributed by atoms with Crippen LogP contribution in [-0.2, 0) is 16.1 Å². The summed E-state index contributed by atoms with van der Waals surface area (Å²) >= 11 is 1.66. The van der Waals surface area contributed by atoms with Crippen LogP contribution in [0.25, 0.3) is 0 Å². The maximum Gasteiger partial charge on any atom is 0.323 e. The highest BCUT2D eigenvalue weighted by Gasteiger charge is 2.29. The summed E-state index contributed by atoms with van der Waals surface area (Å²) in [6.07, 6.45) is 3.15. The van der Waals surface area contributed by atoms with Gasteiger partial charge in [-0.05, 0) is 26.3 Å². The summed E-state index contributed by atoms with van der Waals surface area (Å²) in [4.78, 5) is 18.3. The molecule has 0 radical (unpaired) electrons. The highest BCUT2D eigenvalue weighted by atomic mass is 32.1. The van der Waals surface area contributed by atoms with Crippen LogP contribution < -0.4 is 0 Å². The Bertz CT molecular complexity index is 392. The predicted octanol–water partition coefficient (Wildman–Crippen LogP) is 1.98. The maximum absolute atomic E-state index is 11.7. The van der Waals surface area contributed by atoms with Gasteiger partial charge in [-0.1, -0.05) is 6.42 Å². The molecule has 5 heteroatoms. The largest absolute Gasteiger partial charge is 0.468 e. The molecule has 1 unspecified atom stereocenters. The van der Waals surface area contributed by atoms with E-state index in [1.807, 2.05) is 12.3 Å². The van der Waals surface area contributed by atoms with Crippen LogP contribution in [0.15, 0.2) is 5.38 Å². The number of aromatic nitrogens is 1. The van der Waals surface area contributed by atoms with E-state index in [4.69, 9.17) is 4.74 Å². The number of hydrogen-bond donors (Lipinski definition) is 0. The number of carbonyl (C=O) groups is 1. The Hall–Kier alpha value is -0.940. The van der Waals surface area contributed by atoms with Gasteiger partial charge in [-0.3, -0.25) is 9.69 Å². The molecule has 4 nitrogen and oxygen atoms in total. The number of hydrogen-bond acceptors (Lipinski definition) is 5. The standard InChI is InChI=1S/C12H18N2O2S/c1-9-8-17-11(13-9)7-14-6-4-3-5-10(14)12(15)16-2/h8,10H,3-7H2,1-2H3. The van der Waals surface area contributed by atoms with Crippen LogP contribution in [0, 0.1) is 6.92 Å². The molecule has 0 aromatic carbocycles. The summed E-state index contributed by atoms with van der Waals surface area (Å²) in [7, 11) is 1.46. The quantitative estimate of drug-likeness (QED) is 0.774. The molecule has 1 atom stereocenters. The van der Waals surface area contributed by atoms with Crippen molar-refractivity contribution < 1.29 is 9.53 Å². The van der Waals surface area contributed by atoms with Gasteiger partial charge >= 0.3 is 5.97 Å². The average Bonchev–Trinajstić information content (AvgIpc) is 2.74. The molecule has 0 amide bonds. The van der Waals surface area contributed by atoms with Gasteiger partial charge in [-0.25, -0.2) is 4.98 Å². The molecule has 17 heavy (non-hydrogen) atoms. The third kappa shape index (κ3) is 3.04. The second kappa shape index (κ2) is 5.60. The van der Waals surface area contributed by atoms with Gasteiger partial charge in [0.05, 0.1) is 13.7 Å². The van der Waals surface area contributed by atoms with Gasteiger partial charge in [0.15, 0.2) is 0 Å². The molecule has 0 aliphatic carbocycles. The molecule has 0 N–H and O–H groups in total. The first-order chi connectivity index (χ1) is 8.20. The van der Waals surface area contributed by atoms with Crippen LogP contribution in [0.3, 0.4) is 0 Å². The monoisotopic (exact) mass is 254 g/mol. The molecular formula is C12H18N2O2S. The molecule has 2 heterocycles. The van der Waals surface area contributed by atoms with Crippen molar-refractivity contribution in [3.63, 3.8) is 0 Å². The van der Waals surface area contributed by atoms with Gasteiger partial charge in [0.25, 0.3) is 0 Å². The lowest BCUT2D eigenvalue weighted by Crippen LogP contribution is -2.44. The van der Waals surface area contributed by atoms with Crippen molar-refractivity contribution in [3.05, 3.63) is 16.1 Å². The lowest BCUT2D eigenvalue weighted by atomic mass is 10.0. The SMILES string of the molecule is COC(=O)C1CCCCN1Cc1nc(C)cs1. The van der Waals surface area contributed by atoms with Crippen LogP contribution >= 0.6 is 11.3 Å². The molecule has 1 aliphatic heterocycles. The zero-order valence-electron chi connectivity index (χ0n) is 10.3. The molecule has 94 valence electrons. The number of likely N-dealkylation sites (tertiary alicyclic amines) is 1. The highest BCUT2D eigenvalue weighted by molar-refractivity contribution is 7.09. The van der Waals surface area contributed by atoms with E-state index in [1.54, 1.807) is 11.3 Å². The summed E-state index contributed by atoms with van der Waals surface area (Å²) < 4.78 is 4.87. The van der Waals surface area contributed by atoms with Crippen LogP contribution in [-0.4, -0.2) is 35.5 Å². The Morgan fingerprint density at radius 1 is 1.65 bits per heavy atom. The van der Waals surface area contributed by atoms with E-state index < -0.39 is 0 Å². The molecule has 1 aromatic rings. The molecule has 1 aromatic heterocycles. The van der Waals surface area contributed by atoms with E-state index >= 15 is 0 Å². The maximum atomic E-state index is 11.7. The van der Waals surface area contributed by atoms with Crippen molar-refractivity contribution in [3.8, 4) is 0 Å². The van der Waals surface area contributed by atoms with Crippen LogP contribution in [0.1, 0.15) is 30.0 Å². The lowest BCUT2D eigenvalue weighted by molar-refractivity contribution is -0.148. The van der Waals surface area contributed by atoms with Crippen LogP contribution in [0.4, 0.5) is 0 Å². The first-order valence-corrected chi connectivity index (χ1v) is 6.81. The Morgan fingerprint density at radius 3 is 3.12 bits per heavy atom. The minimum atomic E-state index is -0.113. The molecular weight excluding hydrogens is 236 g/mol. The smallest absolute Gasteiger partial charge is 0.323 e. The number of methoxy groups -OCH3 is 1. The second-order valence-electron chi connectivity index (χ2n) is 4.39. The van der Waals surface area contributed by atoms with Crippen molar-refractivity contribution in [2.24, 2.45) is 0 Å². The van der Waals surface area contributed by atoms with Gasteiger partial charge in [0.2, 0.25) is 0 Å². The first kappa shape index (κ1) is 12.5. The Morgan fingerprint density at radius 2 is 2.47 bits per heavy atom. The number of esters is 1. The molecule has 0 saturated carbocycles. The van der Waals surface area contributed by atoms with Crippen molar-refractivity contribution in [2.75, 3.05) is 13.7 Å². The normalized spacial score (nSPS) is 21.4. The van der Waals surface area contributed by atoms with E-state index in [1.165, 1.54) is 7.11 Å². The Labute approximate surface area is 106 Å². The molecule has 2 rings (SSSR count). The number of aryl methyl sites for hydroxylation is 1. The third-order valence-electron chi connectivity index (χ3n) is 3.09. The summed E-state index contributed by atoms with van der Waals surface area (Å²) in [5.41, 5.74) is 1.05.